The molecule has 0 amide bonds. The van der Waals surface area contributed by atoms with Crippen LogP contribution < -0.4 is 0 Å². The minimum atomic E-state index is -0.252. The van der Waals surface area contributed by atoms with Crippen LogP contribution in [0.1, 0.15) is 17.0 Å². The number of nitriles is 1. The standard InChI is InChI=1S/C14H13FN2/c1-10-9-12(7-8-16)11(2)17(10)14-6-4-3-5-13(14)15/h3-6,9H,7H2,1-2H3. The quantitative estimate of drug-likeness (QED) is 0.775. The van der Waals surface area contributed by atoms with E-state index in [0.29, 0.717) is 12.1 Å². The lowest BCUT2D eigenvalue weighted by Gasteiger charge is -2.10. The minimum absolute atomic E-state index is 0.252. The van der Waals surface area contributed by atoms with Gasteiger partial charge >= 0.3 is 0 Å². The third-order valence-corrected chi connectivity index (χ3v) is 2.90. The zero-order chi connectivity index (χ0) is 12.4. The van der Waals surface area contributed by atoms with Crippen LogP contribution in [0, 0.1) is 31.0 Å². The average molecular weight is 228 g/mol. The Hall–Kier alpha value is -2.08. The van der Waals surface area contributed by atoms with E-state index in [1.165, 1.54) is 6.07 Å². The van der Waals surface area contributed by atoms with Crippen LogP contribution in [0.25, 0.3) is 5.69 Å². The number of rotatable bonds is 2. The minimum Gasteiger partial charge on any atom is -0.315 e. The summed E-state index contributed by atoms with van der Waals surface area (Å²) in [7, 11) is 0. The summed E-state index contributed by atoms with van der Waals surface area (Å²) in [5.41, 5.74) is 3.35. The SMILES string of the molecule is Cc1cc(CC#N)c(C)n1-c1ccccc1F. The number of nitrogens with zero attached hydrogens (tertiary/aromatic N) is 2. The van der Waals surface area contributed by atoms with Gasteiger partial charge in [-0.25, -0.2) is 4.39 Å². The van der Waals surface area contributed by atoms with Crippen LogP contribution in [-0.4, -0.2) is 4.57 Å². The smallest absolute Gasteiger partial charge is 0.147 e. The predicted molar refractivity (Wildman–Crippen MR) is 64.5 cm³/mol. The van der Waals surface area contributed by atoms with Crippen LogP contribution >= 0.6 is 0 Å². The number of benzene rings is 1. The number of aromatic nitrogens is 1. The van der Waals surface area contributed by atoms with Crippen molar-refractivity contribution in [1.82, 2.24) is 4.57 Å². The number of aryl methyl sites for hydroxylation is 1. The molecule has 17 heavy (non-hydrogen) atoms. The summed E-state index contributed by atoms with van der Waals surface area (Å²) in [5.74, 6) is -0.252. The number of para-hydroxylation sites is 1. The van der Waals surface area contributed by atoms with E-state index in [1.807, 2.05) is 24.5 Å². The summed E-state index contributed by atoms with van der Waals surface area (Å²) >= 11 is 0. The molecule has 0 unspecified atom stereocenters. The van der Waals surface area contributed by atoms with Gasteiger partial charge in [0.25, 0.3) is 0 Å². The first-order valence-corrected chi connectivity index (χ1v) is 5.45. The summed E-state index contributed by atoms with van der Waals surface area (Å²) in [6, 6.07) is 10.7. The molecule has 1 aromatic carbocycles. The lowest BCUT2D eigenvalue weighted by Crippen LogP contribution is -2.02. The van der Waals surface area contributed by atoms with Gasteiger partial charge < -0.3 is 4.57 Å². The van der Waals surface area contributed by atoms with E-state index < -0.39 is 0 Å². The Morgan fingerprint density at radius 2 is 2.00 bits per heavy atom. The van der Waals surface area contributed by atoms with Crippen molar-refractivity contribution < 1.29 is 4.39 Å². The third-order valence-electron chi connectivity index (χ3n) is 2.90. The highest BCUT2D eigenvalue weighted by Gasteiger charge is 2.12. The van der Waals surface area contributed by atoms with Crippen LogP contribution in [-0.2, 0) is 6.42 Å². The van der Waals surface area contributed by atoms with Crippen LogP contribution in [0.4, 0.5) is 4.39 Å². The van der Waals surface area contributed by atoms with Gasteiger partial charge in [-0.15, -0.1) is 0 Å². The molecule has 1 heterocycles. The second kappa shape index (κ2) is 4.42. The van der Waals surface area contributed by atoms with Crippen molar-refractivity contribution in [1.29, 1.82) is 5.26 Å². The fraction of sp³-hybridized carbons (Fsp3) is 0.214. The van der Waals surface area contributed by atoms with Crippen LogP contribution in [0.5, 0.6) is 0 Å². The Labute approximate surface area is 99.9 Å². The Morgan fingerprint density at radius 3 is 2.65 bits per heavy atom. The number of hydrogen-bond donors (Lipinski definition) is 0. The van der Waals surface area contributed by atoms with Gasteiger partial charge in [-0.2, -0.15) is 5.26 Å². The second-order valence-corrected chi connectivity index (χ2v) is 4.02. The van der Waals surface area contributed by atoms with Crippen LogP contribution in [0.15, 0.2) is 30.3 Å². The Balaban J connectivity index is 2.61. The van der Waals surface area contributed by atoms with Crippen molar-refractivity contribution in [2.75, 3.05) is 0 Å². The van der Waals surface area contributed by atoms with Gasteiger partial charge in [0.05, 0.1) is 18.2 Å². The highest BCUT2D eigenvalue weighted by Crippen LogP contribution is 2.22. The van der Waals surface area contributed by atoms with E-state index in [-0.39, 0.29) is 5.82 Å². The monoisotopic (exact) mass is 228 g/mol. The van der Waals surface area contributed by atoms with Crippen molar-refractivity contribution in [3.05, 3.63) is 53.1 Å². The maximum atomic E-state index is 13.7. The second-order valence-electron chi connectivity index (χ2n) is 4.02. The zero-order valence-electron chi connectivity index (χ0n) is 9.87. The fourth-order valence-corrected chi connectivity index (χ4v) is 2.10. The Morgan fingerprint density at radius 1 is 1.29 bits per heavy atom. The molecule has 1 aromatic heterocycles. The van der Waals surface area contributed by atoms with Crippen LogP contribution in [0.3, 0.4) is 0 Å². The summed E-state index contributed by atoms with van der Waals surface area (Å²) < 4.78 is 15.6. The van der Waals surface area contributed by atoms with Gasteiger partial charge in [0.1, 0.15) is 5.82 Å². The van der Waals surface area contributed by atoms with Crippen molar-refractivity contribution in [3.8, 4) is 11.8 Å². The fourth-order valence-electron chi connectivity index (χ4n) is 2.10. The number of hydrogen-bond acceptors (Lipinski definition) is 1. The molecule has 0 radical (unpaired) electrons. The van der Waals surface area contributed by atoms with Gasteiger partial charge in [0, 0.05) is 11.4 Å². The molecule has 2 nitrogen and oxygen atoms in total. The van der Waals surface area contributed by atoms with E-state index in [2.05, 4.69) is 6.07 Å². The Kier molecular flexibility index (Phi) is 2.97. The third kappa shape index (κ3) is 1.94. The summed E-state index contributed by atoms with van der Waals surface area (Å²) in [6.45, 7) is 3.83. The topological polar surface area (TPSA) is 28.7 Å². The van der Waals surface area contributed by atoms with Gasteiger partial charge in [-0.3, -0.25) is 0 Å². The largest absolute Gasteiger partial charge is 0.315 e. The first kappa shape index (κ1) is 11.4. The lowest BCUT2D eigenvalue weighted by atomic mass is 10.2. The molecule has 86 valence electrons. The van der Waals surface area contributed by atoms with Gasteiger partial charge in [0.15, 0.2) is 0 Å². The molecule has 0 aliphatic rings. The van der Waals surface area contributed by atoms with E-state index in [9.17, 15) is 4.39 Å². The molecule has 2 aromatic rings. The number of halogens is 1. The maximum Gasteiger partial charge on any atom is 0.147 e. The molecule has 2 rings (SSSR count). The average Bonchev–Trinajstić information content (AvgIpc) is 2.57. The van der Waals surface area contributed by atoms with Crippen molar-refractivity contribution in [2.24, 2.45) is 0 Å². The lowest BCUT2D eigenvalue weighted by molar-refractivity contribution is 0.615. The summed E-state index contributed by atoms with van der Waals surface area (Å²) in [4.78, 5) is 0. The molecule has 0 bridgehead atoms. The first-order chi connectivity index (χ1) is 8.15. The molecule has 3 heteroatoms. The first-order valence-electron chi connectivity index (χ1n) is 5.45. The highest BCUT2D eigenvalue weighted by molar-refractivity contribution is 5.42. The van der Waals surface area contributed by atoms with E-state index in [0.717, 1.165) is 17.0 Å². The van der Waals surface area contributed by atoms with E-state index in [1.54, 1.807) is 18.2 Å². The summed E-state index contributed by atoms with van der Waals surface area (Å²) in [5, 5.41) is 8.74. The van der Waals surface area contributed by atoms with Crippen LogP contribution in [0.2, 0.25) is 0 Å². The highest BCUT2D eigenvalue weighted by atomic mass is 19.1. The molecule has 0 saturated carbocycles. The zero-order valence-corrected chi connectivity index (χ0v) is 9.87. The van der Waals surface area contributed by atoms with Gasteiger partial charge in [0.2, 0.25) is 0 Å². The molecule has 0 atom stereocenters. The van der Waals surface area contributed by atoms with E-state index in [4.69, 9.17) is 5.26 Å². The summed E-state index contributed by atoms with van der Waals surface area (Å²) in [6.07, 6.45) is 0.355. The molecule has 0 aliphatic carbocycles. The molecule has 0 N–H and O–H groups in total. The predicted octanol–water partition coefficient (Wildman–Crippen LogP) is 3.30. The van der Waals surface area contributed by atoms with Crippen molar-refractivity contribution in [2.45, 2.75) is 20.3 Å². The van der Waals surface area contributed by atoms with Gasteiger partial charge in [-0.1, -0.05) is 12.1 Å². The molecule has 0 aliphatic heterocycles. The van der Waals surface area contributed by atoms with Crippen molar-refractivity contribution >= 4 is 0 Å². The molecule has 0 spiro atoms. The molecule has 0 fully saturated rings. The maximum absolute atomic E-state index is 13.7. The van der Waals surface area contributed by atoms with Gasteiger partial charge in [-0.05, 0) is 37.6 Å². The normalized spacial score (nSPS) is 10.2. The molecule has 0 saturated heterocycles. The van der Waals surface area contributed by atoms with E-state index >= 15 is 0 Å². The molecular formula is C14H13FN2. The Bertz CT molecular complexity index is 591. The van der Waals surface area contributed by atoms with Crippen molar-refractivity contribution in [3.63, 3.8) is 0 Å². The molecular weight excluding hydrogens is 215 g/mol.